The second-order valence-corrected chi connectivity index (χ2v) is 8.62. The molecule has 5 nitrogen and oxygen atoms in total. The van der Waals surface area contributed by atoms with Gasteiger partial charge in [-0.1, -0.05) is 6.07 Å². The predicted molar refractivity (Wildman–Crippen MR) is 107 cm³/mol. The highest BCUT2D eigenvalue weighted by Gasteiger charge is 2.37. The number of pyridine rings is 2. The molecule has 2 saturated heterocycles. The minimum absolute atomic E-state index is 0.156. The van der Waals surface area contributed by atoms with E-state index in [0.717, 1.165) is 36.8 Å². The number of likely N-dealkylation sites (tertiary alicyclic amines) is 2. The molecule has 2 atom stereocenters. The standard InChI is InChI=1S/C22H28N4O/c1-24-9-6-19(7-10-24)25-13-16-11-18(15-25)21-5-4-20(22(27)26(21)14-16)17-3-2-8-23-12-17/h2-5,8,12,16,18-19H,6-7,9-11,13-15H2,1H3. The summed E-state index contributed by atoms with van der Waals surface area (Å²) in [5.74, 6) is 1.09. The van der Waals surface area contributed by atoms with Crippen LogP contribution in [0.2, 0.25) is 0 Å². The second-order valence-electron chi connectivity index (χ2n) is 8.62. The summed E-state index contributed by atoms with van der Waals surface area (Å²) in [6.45, 7) is 5.54. The Bertz CT molecular complexity index is 870. The first-order chi connectivity index (χ1) is 13.2. The zero-order valence-electron chi connectivity index (χ0n) is 16.1. The SMILES string of the molecule is CN1CCC(N2CC3CC(C2)c2ccc(-c4cccnc4)c(=O)n2C3)CC1. The molecule has 27 heavy (non-hydrogen) atoms. The highest BCUT2D eigenvalue weighted by molar-refractivity contribution is 5.61. The third-order valence-electron chi connectivity index (χ3n) is 6.81. The molecule has 3 aliphatic heterocycles. The van der Waals surface area contributed by atoms with Gasteiger partial charge in [0.15, 0.2) is 0 Å². The van der Waals surface area contributed by atoms with E-state index >= 15 is 0 Å². The number of nitrogens with zero attached hydrogens (tertiary/aromatic N) is 4. The molecule has 2 aromatic heterocycles. The smallest absolute Gasteiger partial charge is 0.258 e. The van der Waals surface area contributed by atoms with E-state index < -0.39 is 0 Å². The lowest BCUT2D eigenvalue weighted by Gasteiger charge is -2.47. The fourth-order valence-corrected chi connectivity index (χ4v) is 5.38. The van der Waals surface area contributed by atoms with Crippen molar-refractivity contribution in [3.05, 3.63) is 52.7 Å². The van der Waals surface area contributed by atoms with Gasteiger partial charge in [0.1, 0.15) is 0 Å². The molecule has 0 amide bonds. The van der Waals surface area contributed by atoms with Crippen LogP contribution in [0.4, 0.5) is 0 Å². The lowest BCUT2D eigenvalue weighted by Crippen LogP contribution is -2.53. The van der Waals surface area contributed by atoms with E-state index in [4.69, 9.17) is 0 Å². The Morgan fingerprint density at radius 2 is 1.93 bits per heavy atom. The van der Waals surface area contributed by atoms with Crippen LogP contribution in [0.1, 0.15) is 30.9 Å². The molecule has 0 spiro atoms. The Hall–Kier alpha value is -1.98. The van der Waals surface area contributed by atoms with Crippen molar-refractivity contribution in [2.45, 2.75) is 37.8 Å². The number of hydrogen-bond donors (Lipinski definition) is 0. The molecule has 0 aromatic carbocycles. The monoisotopic (exact) mass is 364 g/mol. The van der Waals surface area contributed by atoms with Gasteiger partial charge in [-0.05, 0) is 63.5 Å². The van der Waals surface area contributed by atoms with Gasteiger partial charge in [-0.15, -0.1) is 0 Å². The zero-order chi connectivity index (χ0) is 18.4. The Labute approximate surface area is 160 Å². The Morgan fingerprint density at radius 1 is 1.07 bits per heavy atom. The average Bonchev–Trinajstić information content (AvgIpc) is 2.70. The molecule has 0 saturated carbocycles. The molecular formula is C22H28N4O. The minimum Gasteiger partial charge on any atom is -0.311 e. The first-order valence-electron chi connectivity index (χ1n) is 10.3. The van der Waals surface area contributed by atoms with Gasteiger partial charge in [0.25, 0.3) is 5.56 Å². The fourth-order valence-electron chi connectivity index (χ4n) is 5.38. The first kappa shape index (κ1) is 17.1. The van der Waals surface area contributed by atoms with Gasteiger partial charge in [-0.2, -0.15) is 0 Å². The van der Waals surface area contributed by atoms with Gasteiger partial charge < -0.3 is 9.47 Å². The average molecular weight is 364 g/mol. The summed E-state index contributed by atoms with van der Waals surface area (Å²) in [4.78, 5) is 22.5. The topological polar surface area (TPSA) is 41.4 Å². The van der Waals surface area contributed by atoms with Crippen LogP contribution in [0.15, 0.2) is 41.5 Å². The molecule has 0 aliphatic carbocycles. The summed E-state index contributed by atoms with van der Waals surface area (Å²) in [6.07, 6.45) is 7.33. The highest BCUT2D eigenvalue weighted by atomic mass is 16.1. The van der Waals surface area contributed by atoms with Crippen molar-refractivity contribution in [1.29, 1.82) is 0 Å². The van der Waals surface area contributed by atoms with Crippen LogP contribution >= 0.6 is 0 Å². The van der Waals surface area contributed by atoms with Crippen LogP contribution in [-0.2, 0) is 6.54 Å². The molecular weight excluding hydrogens is 336 g/mol. The van der Waals surface area contributed by atoms with Crippen molar-refractivity contribution in [3.63, 3.8) is 0 Å². The Kier molecular flexibility index (Phi) is 4.37. The summed E-state index contributed by atoms with van der Waals surface area (Å²) in [5.41, 5.74) is 3.09. The zero-order valence-corrected chi connectivity index (χ0v) is 16.1. The van der Waals surface area contributed by atoms with E-state index in [1.807, 2.05) is 18.2 Å². The van der Waals surface area contributed by atoms with Crippen LogP contribution in [0.3, 0.4) is 0 Å². The molecule has 5 heterocycles. The third-order valence-corrected chi connectivity index (χ3v) is 6.81. The molecule has 0 radical (unpaired) electrons. The lowest BCUT2D eigenvalue weighted by atomic mass is 9.81. The number of fused-ring (bicyclic) bond motifs is 4. The Balaban J connectivity index is 1.43. The normalized spacial score (nSPS) is 26.7. The van der Waals surface area contributed by atoms with E-state index in [9.17, 15) is 4.79 Å². The van der Waals surface area contributed by atoms with E-state index in [1.165, 1.54) is 38.0 Å². The lowest BCUT2D eigenvalue weighted by molar-refractivity contribution is 0.0517. The molecule has 2 unspecified atom stereocenters. The summed E-state index contributed by atoms with van der Waals surface area (Å²) >= 11 is 0. The van der Waals surface area contributed by atoms with Crippen molar-refractivity contribution in [2.24, 2.45) is 5.92 Å². The van der Waals surface area contributed by atoms with Gasteiger partial charge in [0.05, 0.1) is 0 Å². The molecule has 142 valence electrons. The third kappa shape index (κ3) is 3.13. The van der Waals surface area contributed by atoms with Gasteiger partial charge in [0.2, 0.25) is 0 Å². The number of piperidine rings is 2. The van der Waals surface area contributed by atoms with Gasteiger partial charge >= 0.3 is 0 Å². The van der Waals surface area contributed by atoms with E-state index in [1.54, 1.807) is 12.4 Å². The van der Waals surface area contributed by atoms with E-state index in [-0.39, 0.29) is 5.56 Å². The van der Waals surface area contributed by atoms with Gasteiger partial charge in [0, 0.05) is 60.8 Å². The number of rotatable bonds is 2. The predicted octanol–water partition coefficient (Wildman–Crippen LogP) is 2.42. The largest absolute Gasteiger partial charge is 0.311 e. The van der Waals surface area contributed by atoms with Gasteiger partial charge in [-0.25, -0.2) is 0 Å². The highest BCUT2D eigenvalue weighted by Crippen LogP contribution is 2.37. The molecule has 2 bridgehead atoms. The van der Waals surface area contributed by atoms with Crippen molar-refractivity contribution < 1.29 is 0 Å². The molecule has 5 heteroatoms. The van der Waals surface area contributed by atoms with E-state index in [0.29, 0.717) is 11.8 Å². The van der Waals surface area contributed by atoms with Crippen molar-refractivity contribution in [2.75, 3.05) is 33.2 Å². The first-order valence-corrected chi connectivity index (χ1v) is 10.3. The fraction of sp³-hybridized carbons (Fsp3) is 0.545. The van der Waals surface area contributed by atoms with Crippen molar-refractivity contribution in [1.82, 2.24) is 19.4 Å². The Morgan fingerprint density at radius 3 is 2.70 bits per heavy atom. The van der Waals surface area contributed by atoms with Crippen LogP contribution < -0.4 is 5.56 Å². The van der Waals surface area contributed by atoms with Crippen LogP contribution in [0.5, 0.6) is 0 Å². The molecule has 0 N–H and O–H groups in total. The number of hydrogen-bond acceptors (Lipinski definition) is 4. The maximum atomic E-state index is 13.2. The summed E-state index contributed by atoms with van der Waals surface area (Å²) < 4.78 is 2.06. The molecule has 3 aliphatic rings. The van der Waals surface area contributed by atoms with Crippen molar-refractivity contribution >= 4 is 0 Å². The quantitative estimate of drug-likeness (QED) is 0.821. The maximum Gasteiger partial charge on any atom is 0.258 e. The number of aromatic nitrogens is 2. The maximum absolute atomic E-state index is 13.2. The van der Waals surface area contributed by atoms with Crippen LogP contribution in [0, 0.1) is 5.92 Å². The van der Waals surface area contributed by atoms with Crippen LogP contribution in [0.25, 0.3) is 11.1 Å². The van der Waals surface area contributed by atoms with Crippen molar-refractivity contribution in [3.8, 4) is 11.1 Å². The molecule has 2 fully saturated rings. The van der Waals surface area contributed by atoms with E-state index in [2.05, 4.69) is 32.5 Å². The second kappa shape index (κ2) is 6.88. The summed E-state index contributed by atoms with van der Waals surface area (Å²) in [6, 6.07) is 8.80. The van der Waals surface area contributed by atoms with Gasteiger partial charge in [-0.3, -0.25) is 14.7 Å². The summed E-state index contributed by atoms with van der Waals surface area (Å²) in [7, 11) is 2.23. The van der Waals surface area contributed by atoms with Crippen LogP contribution in [-0.4, -0.2) is 58.6 Å². The minimum atomic E-state index is 0.156. The molecule has 5 rings (SSSR count). The summed E-state index contributed by atoms with van der Waals surface area (Å²) in [5, 5.41) is 0. The molecule has 2 aromatic rings.